The minimum absolute atomic E-state index is 0.110. The van der Waals surface area contributed by atoms with Crippen LogP contribution in [0.3, 0.4) is 0 Å². The van der Waals surface area contributed by atoms with E-state index in [4.69, 9.17) is 0 Å². The molecule has 0 radical (unpaired) electrons. The van der Waals surface area contributed by atoms with E-state index in [0.29, 0.717) is 12.8 Å². The van der Waals surface area contributed by atoms with E-state index in [1.807, 2.05) is 0 Å². The highest BCUT2D eigenvalue weighted by Crippen LogP contribution is 2.48. The van der Waals surface area contributed by atoms with Gasteiger partial charge in [-0.15, -0.1) is 0 Å². The lowest BCUT2D eigenvalue weighted by Gasteiger charge is -2.24. The number of carboxylic acids is 1. The van der Waals surface area contributed by atoms with E-state index in [0.717, 1.165) is 12.8 Å². The Bertz CT molecular complexity index is 356. The molecule has 1 rings (SSSR count). The van der Waals surface area contributed by atoms with Gasteiger partial charge in [0.2, 0.25) is 0 Å². The summed E-state index contributed by atoms with van der Waals surface area (Å²) >= 11 is 0. The topological polar surface area (TPSA) is 71.4 Å². The molecule has 1 fully saturated rings. The van der Waals surface area contributed by atoms with Gasteiger partial charge in [0.25, 0.3) is 0 Å². The molecule has 1 unspecified atom stereocenters. The van der Waals surface area contributed by atoms with Crippen LogP contribution in [0.1, 0.15) is 39.5 Å². The summed E-state index contributed by atoms with van der Waals surface area (Å²) in [6, 6.07) is 0. The van der Waals surface area contributed by atoms with Crippen LogP contribution in [0.15, 0.2) is 0 Å². The Morgan fingerprint density at radius 3 is 2.38 bits per heavy atom. The summed E-state index contributed by atoms with van der Waals surface area (Å²) < 4.78 is 22.6. The lowest BCUT2D eigenvalue weighted by atomic mass is 9.81. The van der Waals surface area contributed by atoms with Crippen LogP contribution in [0, 0.1) is 11.3 Å². The minimum atomic E-state index is -2.97. The van der Waals surface area contributed by atoms with Crippen molar-refractivity contribution in [3.63, 3.8) is 0 Å². The predicted octanol–water partition coefficient (Wildman–Crippen LogP) is 1.70. The summed E-state index contributed by atoms with van der Waals surface area (Å²) in [6.45, 7) is 3.36. The van der Waals surface area contributed by atoms with Crippen LogP contribution in [-0.2, 0) is 14.6 Å². The standard InChI is InChI=1S/C11H20O4S/c1-3-16(14,15)8-4-7-11(2,10(12)13)9-5-6-9/h9H,3-8H2,1-2H3,(H,12,13). The number of hydrogen-bond acceptors (Lipinski definition) is 3. The van der Waals surface area contributed by atoms with Crippen molar-refractivity contribution in [3.8, 4) is 0 Å². The minimum Gasteiger partial charge on any atom is -0.481 e. The lowest BCUT2D eigenvalue weighted by molar-refractivity contribution is -0.149. The SMILES string of the molecule is CCS(=O)(=O)CCCC(C)(C(=O)O)C1CC1. The molecule has 0 saturated heterocycles. The first-order chi connectivity index (χ1) is 7.32. The van der Waals surface area contributed by atoms with Crippen LogP contribution in [0.25, 0.3) is 0 Å². The van der Waals surface area contributed by atoms with Gasteiger partial charge in [0.05, 0.1) is 11.2 Å². The summed E-state index contributed by atoms with van der Waals surface area (Å²) in [5.74, 6) is -0.294. The molecule has 0 bridgehead atoms. The second kappa shape index (κ2) is 4.73. The lowest BCUT2D eigenvalue weighted by Crippen LogP contribution is -2.30. The molecule has 0 aliphatic heterocycles. The van der Waals surface area contributed by atoms with Crippen LogP contribution in [0.4, 0.5) is 0 Å². The highest BCUT2D eigenvalue weighted by atomic mass is 32.2. The van der Waals surface area contributed by atoms with E-state index < -0.39 is 21.2 Å². The average Bonchev–Trinajstić information content (AvgIpc) is 3.00. The van der Waals surface area contributed by atoms with Gasteiger partial charge in [0.1, 0.15) is 9.84 Å². The maximum Gasteiger partial charge on any atom is 0.309 e. The van der Waals surface area contributed by atoms with Crippen molar-refractivity contribution >= 4 is 15.8 Å². The van der Waals surface area contributed by atoms with Crippen molar-refractivity contribution in [1.82, 2.24) is 0 Å². The molecule has 0 aromatic heterocycles. The predicted molar refractivity (Wildman–Crippen MR) is 62.0 cm³/mol. The molecule has 0 spiro atoms. The van der Waals surface area contributed by atoms with E-state index in [1.54, 1.807) is 13.8 Å². The van der Waals surface area contributed by atoms with E-state index in [2.05, 4.69) is 0 Å². The molecule has 1 saturated carbocycles. The van der Waals surface area contributed by atoms with Crippen LogP contribution >= 0.6 is 0 Å². The zero-order chi connectivity index (χ0) is 12.4. The Kier molecular flexibility index (Phi) is 3.99. The molecule has 0 amide bonds. The molecule has 5 heteroatoms. The largest absolute Gasteiger partial charge is 0.481 e. The third-order valence-electron chi connectivity index (χ3n) is 3.56. The van der Waals surface area contributed by atoms with Gasteiger partial charge in [-0.25, -0.2) is 8.42 Å². The molecule has 0 heterocycles. The fourth-order valence-electron chi connectivity index (χ4n) is 2.01. The Morgan fingerprint density at radius 2 is 2.00 bits per heavy atom. The second-order valence-electron chi connectivity index (χ2n) is 4.84. The normalized spacial score (nSPS) is 20.4. The average molecular weight is 248 g/mol. The summed E-state index contributed by atoms with van der Waals surface area (Å²) in [7, 11) is -2.97. The fraction of sp³-hybridized carbons (Fsp3) is 0.909. The number of aliphatic carboxylic acids is 1. The fourth-order valence-corrected chi connectivity index (χ4v) is 2.88. The summed E-state index contributed by atoms with van der Waals surface area (Å²) in [5, 5.41) is 9.18. The Morgan fingerprint density at radius 1 is 1.44 bits per heavy atom. The first-order valence-electron chi connectivity index (χ1n) is 5.75. The van der Waals surface area contributed by atoms with Gasteiger partial charge >= 0.3 is 5.97 Å². The van der Waals surface area contributed by atoms with Crippen LogP contribution < -0.4 is 0 Å². The summed E-state index contributed by atoms with van der Waals surface area (Å²) in [5.41, 5.74) is -0.719. The zero-order valence-electron chi connectivity index (χ0n) is 9.90. The maximum atomic E-state index is 11.3. The maximum absolute atomic E-state index is 11.3. The Hall–Kier alpha value is -0.580. The van der Waals surface area contributed by atoms with Gasteiger partial charge in [0, 0.05) is 5.75 Å². The van der Waals surface area contributed by atoms with Crippen molar-refractivity contribution in [3.05, 3.63) is 0 Å². The summed E-state index contributed by atoms with van der Waals surface area (Å²) in [4.78, 5) is 11.2. The molecular weight excluding hydrogens is 228 g/mol. The highest BCUT2D eigenvalue weighted by molar-refractivity contribution is 7.91. The molecule has 1 aliphatic rings. The Balaban J connectivity index is 2.49. The molecular formula is C11H20O4S. The molecule has 1 aliphatic carbocycles. The van der Waals surface area contributed by atoms with E-state index in [1.165, 1.54) is 0 Å². The van der Waals surface area contributed by atoms with Crippen molar-refractivity contribution < 1.29 is 18.3 Å². The van der Waals surface area contributed by atoms with Gasteiger partial charge in [-0.05, 0) is 38.5 Å². The number of carbonyl (C=O) groups is 1. The smallest absolute Gasteiger partial charge is 0.309 e. The monoisotopic (exact) mass is 248 g/mol. The van der Waals surface area contributed by atoms with Gasteiger partial charge in [-0.1, -0.05) is 6.92 Å². The van der Waals surface area contributed by atoms with Gasteiger partial charge in [0.15, 0.2) is 0 Å². The second-order valence-corrected chi connectivity index (χ2v) is 7.31. The first-order valence-corrected chi connectivity index (χ1v) is 7.58. The van der Waals surface area contributed by atoms with Crippen LogP contribution in [-0.4, -0.2) is 31.0 Å². The molecule has 4 nitrogen and oxygen atoms in total. The highest BCUT2D eigenvalue weighted by Gasteiger charge is 2.46. The van der Waals surface area contributed by atoms with Crippen molar-refractivity contribution in [2.75, 3.05) is 11.5 Å². The number of carboxylic acid groups (broad SMARTS) is 1. The van der Waals surface area contributed by atoms with Crippen molar-refractivity contribution in [2.24, 2.45) is 11.3 Å². The number of sulfone groups is 1. The molecule has 16 heavy (non-hydrogen) atoms. The van der Waals surface area contributed by atoms with Crippen molar-refractivity contribution in [1.29, 1.82) is 0 Å². The third-order valence-corrected chi connectivity index (χ3v) is 5.35. The zero-order valence-corrected chi connectivity index (χ0v) is 10.7. The van der Waals surface area contributed by atoms with E-state index in [-0.39, 0.29) is 17.4 Å². The Labute approximate surface area is 97.0 Å². The molecule has 1 atom stereocenters. The molecule has 0 aromatic rings. The van der Waals surface area contributed by atoms with Crippen LogP contribution in [0.5, 0.6) is 0 Å². The van der Waals surface area contributed by atoms with Crippen molar-refractivity contribution in [2.45, 2.75) is 39.5 Å². The van der Waals surface area contributed by atoms with Gasteiger partial charge in [-0.3, -0.25) is 4.79 Å². The van der Waals surface area contributed by atoms with Crippen LogP contribution in [0.2, 0.25) is 0 Å². The number of rotatable bonds is 7. The third kappa shape index (κ3) is 3.20. The van der Waals surface area contributed by atoms with Gasteiger partial charge in [-0.2, -0.15) is 0 Å². The molecule has 0 aromatic carbocycles. The van der Waals surface area contributed by atoms with E-state index in [9.17, 15) is 18.3 Å². The first kappa shape index (κ1) is 13.5. The quantitative estimate of drug-likeness (QED) is 0.744. The van der Waals surface area contributed by atoms with Gasteiger partial charge < -0.3 is 5.11 Å². The molecule has 1 N–H and O–H groups in total. The van der Waals surface area contributed by atoms with E-state index >= 15 is 0 Å². The summed E-state index contributed by atoms with van der Waals surface area (Å²) in [6.07, 6.45) is 2.84. The molecule has 94 valence electrons. The number of hydrogen-bond donors (Lipinski definition) is 1.